The summed E-state index contributed by atoms with van der Waals surface area (Å²) in [5.74, 6) is 1.04. The van der Waals surface area contributed by atoms with Crippen LogP contribution in [0.1, 0.15) is 57.8 Å². The third kappa shape index (κ3) is 3.78. The van der Waals surface area contributed by atoms with Crippen LogP contribution in [0.2, 0.25) is 0 Å². The first-order valence-electron chi connectivity index (χ1n) is 8.75. The Bertz CT molecular complexity index is 368. The molecule has 0 spiro atoms. The minimum Gasteiger partial charge on any atom is -0.385 e. The van der Waals surface area contributed by atoms with E-state index >= 15 is 0 Å². The van der Waals surface area contributed by atoms with Gasteiger partial charge in [0.25, 0.3) is 0 Å². The number of amides is 1. The Kier molecular flexibility index (Phi) is 4.85. The Hall–Kier alpha value is -0.610. The molecule has 0 aromatic carbocycles. The minimum absolute atomic E-state index is 0.0441. The first kappa shape index (κ1) is 15.3. The average molecular weight is 294 g/mol. The molecule has 4 nitrogen and oxygen atoms in total. The minimum atomic E-state index is 0.0441. The number of hydrogen-bond donors (Lipinski definition) is 2. The zero-order chi connectivity index (χ0) is 14.7. The monoisotopic (exact) mass is 294 g/mol. The molecular formula is C17H30N2O2. The maximum atomic E-state index is 12.4. The van der Waals surface area contributed by atoms with Crippen LogP contribution in [0.4, 0.5) is 0 Å². The molecule has 3 unspecified atom stereocenters. The van der Waals surface area contributed by atoms with Crippen molar-refractivity contribution in [2.24, 2.45) is 11.3 Å². The van der Waals surface area contributed by atoms with Gasteiger partial charge in [-0.05, 0) is 56.3 Å². The summed E-state index contributed by atoms with van der Waals surface area (Å²) in [4.78, 5) is 12.4. The van der Waals surface area contributed by atoms with Gasteiger partial charge in [0.15, 0.2) is 0 Å². The van der Waals surface area contributed by atoms with Gasteiger partial charge in [-0.2, -0.15) is 0 Å². The van der Waals surface area contributed by atoms with Gasteiger partial charge in [0, 0.05) is 26.3 Å². The molecule has 2 aliphatic carbocycles. The zero-order valence-electron chi connectivity index (χ0n) is 13.3. The molecule has 2 N–H and O–H groups in total. The fraction of sp³-hybridized carbons (Fsp3) is 0.941. The number of nitrogens with one attached hydrogen (secondary N) is 2. The standard InChI is InChI=1S/C17H30N2O2/c1-21-11-10-17(8-9-17)12-18-16(20)15-7-6-13-4-2-3-5-14(13)19-15/h13-15,19H,2-12H2,1H3,(H,18,20). The van der Waals surface area contributed by atoms with Gasteiger partial charge in [-0.1, -0.05) is 12.8 Å². The summed E-state index contributed by atoms with van der Waals surface area (Å²) in [5.41, 5.74) is 0.341. The van der Waals surface area contributed by atoms with E-state index in [2.05, 4.69) is 10.6 Å². The van der Waals surface area contributed by atoms with E-state index in [9.17, 15) is 4.79 Å². The van der Waals surface area contributed by atoms with E-state index in [1.54, 1.807) is 7.11 Å². The Morgan fingerprint density at radius 3 is 2.81 bits per heavy atom. The highest BCUT2D eigenvalue weighted by molar-refractivity contribution is 5.82. The fourth-order valence-electron chi connectivity index (χ4n) is 4.11. The predicted octanol–water partition coefficient (Wildman–Crippen LogP) is 2.23. The lowest BCUT2D eigenvalue weighted by molar-refractivity contribution is -0.124. The molecule has 1 heterocycles. The van der Waals surface area contributed by atoms with E-state index < -0.39 is 0 Å². The van der Waals surface area contributed by atoms with Crippen LogP contribution in [0, 0.1) is 11.3 Å². The second-order valence-electron chi connectivity index (χ2n) is 7.41. The second kappa shape index (κ2) is 6.66. The maximum absolute atomic E-state index is 12.4. The van der Waals surface area contributed by atoms with E-state index in [0.29, 0.717) is 11.5 Å². The van der Waals surface area contributed by atoms with Crippen LogP contribution in [-0.2, 0) is 9.53 Å². The van der Waals surface area contributed by atoms with E-state index in [4.69, 9.17) is 4.74 Å². The Morgan fingerprint density at radius 1 is 1.24 bits per heavy atom. The van der Waals surface area contributed by atoms with Gasteiger partial charge in [0.1, 0.15) is 0 Å². The van der Waals surface area contributed by atoms with Gasteiger partial charge in [-0.3, -0.25) is 4.79 Å². The molecule has 3 atom stereocenters. The number of carbonyl (C=O) groups excluding carboxylic acids is 1. The molecule has 2 saturated carbocycles. The van der Waals surface area contributed by atoms with Crippen molar-refractivity contribution in [2.45, 2.75) is 69.9 Å². The summed E-state index contributed by atoms with van der Waals surface area (Å²) in [7, 11) is 1.75. The lowest BCUT2D eigenvalue weighted by atomic mass is 9.77. The van der Waals surface area contributed by atoms with Crippen molar-refractivity contribution in [3.05, 3.63) is 0 Å². The number of rotatable bonds is 6. The van der Waals surface area contributed by atoms with Gasteiger partial charge >= 0.3 is 0 Å². The van der Waals surface area contributed by atoms with Crippen molar-refractivity contribution < 1.29 is 9.53 Å². The van der Waals surface area contributed by atoms with Gasteiger partial charge in [0.2, 0.25) is 5.91 Å². The number of ether oxygens (including phenoxy) is 1. The number of methoxy groups -OCH3 is 1. The first-order chi connectivity index (χ1) is 10.2. The fourth-order valence-corrected chi connectivity index (χ4v) is 4.11. The second-order valence-corrected chi connectivity index (χ2v) is 7.41. The van der Waals surface area contributed by atoms with Crippen LogP contribution < -0.4 is 10.6 Å². The lowest BCUT2D eigenvalue weighted by Gasteiger charge is -2.40. The molecule has 3 fully saturated rings. The van der Waals surface area contributed by atoms with E-state index in [-0.39, 0.29) is 11.9 Å². The van der Waals surface area contributed by atoms with Crippen LogP contribution >= 0.6 is 0 Å². The topological polar surface area (TPSA) is 50.4 Å². The smallest absolute Gasteiger partial charge is 0.237 e. The summed E-state index contributed by atoms with van der Waals surface area (Å²) >= 11 is 0. The third-order valence-corrected chi connectivity index (χ3v) is 5.90. The van der Waals surface area contributed by atoms with Gasteiger partial charge < -0.3 is 15.4 Å². The summed E-state index contributed by atoms with van der Waals surface area (Å²) in [6, 6.07) is 0.634. The molecule has 4 heteroatoms. The largest absolute Gasteiger partial charge is 0.385 e. The van der Waals surface area contributed by atoms with Crippen LogP contribution in [-0.4, -0.2) is 38.3 Å². The number of hydrogen-bond acceptors (Lipinski definition) is 3. The molecule has 0 radical (unpaired) electrons. The number of carbonyl (C=O) groups is 1. The molecule has 0 aromatic heterocycles. The average Bonchev–Trinajstić information content (AvgIpc) is 3.30. The molecular weight excluding hydrogens is 264 g/mol. The Balaban J connectivity index is 1.43. The number of fused-ring (bicyclic) bond motifs is 1. The van der Waals surface area contributed by atoms with Crippen LogP contribution in [0.25, 0.3) is 0 Å². The van der Waals surface area contributed by atoms with Crippen molar-refractivity contribution in [1.82, 2.24) is 10.6 Å². The normalized spacial score (nSPS) is 34.0. The highest BCUT2D eigenvalue weighted by Crippen LogP contribution is 2.48. The van der Waals surface area contributed by atoms with Gasteiger partial charge in [-0.25, -0.2) is 0 Å². The lowest BCUT2D eigenvalue weighted by Crippen LogP contribution is -2.55. The molecule has 120 valence electrons. The molecule has 0 aromatic rings. The van der Waals surface area contributed by atoms with Crippen LogP contribution in [0.15, 0.2) is 0 Å². The zero-order valence-corrected chi connectivity index (χ0v) is 13.3. The summed E-state index contributed by atoms with van der Waals surface area (Å²) in [6.07, 6.45) is 11.1. The molecule has 1 saturated heterocycles. The molecule has 1 aliphatic heterocycles. The maximum Gasteiger partial charge on any atom is 0.237 e. The summed E-state index contributed by atoms with van der Waals surface area (Å²) < 4.78 is 5.17. The van der Waals surface area contributed by atoms with Gasteiger partial charge in [0.05, 0.1) is 6.04 Å². The molecule has 0 bridgehead atoms. The Labute approximate surface area is 128 Å². The van der Waals surface area contributed by atoms with Crippen molar-refractivity contribution in [1.29, 1.82) is 0 Å². The summed E-state index contributed by atoms with van der Waals surface area (Å²) in [5, 5.41) is 6.82. The van der Waals surface area contributed by atoms with Crippen molar-refractivity contribution in [3.63, 3.8) is 0 Å². The quantitative estimate of drug-likeness (QED) is 0.790. The van der Waals surface area contributed by atoms with Gasteiger partial charge in [-0.15, -0.1) is 0 Å². The highest BCUT2D eigenvalue weighted by Gasteiger charge is 2.43. The van der Waals surface area contributed by atoms with E-state index in [1.165, 1.54) is 44.9 Å². The molecule has 21 heavy (non-hydrogen) atoms. The first-order valence-corrected chi connectivity index (χ1v) is 8.75. The SMILES string of the molecule is COCCC1(CNC(=O)C2CCC3CCCCC3N2)CC1. The predicted molar refractivity (Wildman–Crippen MR) is 83.1 cm³/mol. The van der Waals surface area contributed by atoms with Crippen LogP contribution in [0.5, 0.6) is 0 Å². The molecule has 3 aliphatic rings. The highest BCUT2D eigenvalue weighted by atomic mass is 16.5. The van der Waals surface area contributed by atoms with Crippen molar-refractivity contribution in [3.8, 4) is 0 Å². The van der Waals surface area contributed by atoms with Crippen molar-refractivity contribution in [2.75, 3.05) is 20.3 Å². The molecule has 3 rings (SSSR count). The summed E-state index contributed by atoms with van der Waals surface area (Å²) in [6.45, 7) is 1.64. The van der Waals surface area contributed by atoms with E-state index in [1.807, 2.05) is 0 Å². The third-order valence-electron chi connectivity index (χ3n) is 5.90. The van der Waals surface area contributed by atoms with Crippen molar-refractivity contribution >= 4 is 5.91 Å². The number of piperidine rings is 1. The van der Waals surface area contributed by atoms with Crippen LogP contribution in [0.3, 0.4) is 0 Å². The Morgan fingerprint density at radius 2 is 2.05 bits per heavy atom. The van der Waals surface area contributed by atoms with E-state index in [0.717, 1.165) is 31.9 Å². The molecule has 1 amide bonds.